The molecule has 6 heteroatoms. The molecule has 106 valence electrons. The third-order valence-electron chi connectivity index (χ3n) is 2.80. The number of carbonyl (C=O) groups excluding carboxylic acids is 1. The van der Waals surface area contributed by atoms with Crippen molar-refractivity contribution in [2.24, 2.45) is 0 Å². The summed E-state index contributed by atoms with van der Waals surface area (Å²) >= 11 is 7.55. The number of para-hydroxylation sites is 1. The number of halogens is 1. The van der Waals surface area contributed by atoms with Crippen LogP contribution in [0.4, 0.5) is 5.69 Å². The van der Waals surface area contributed by atoms with E-state index in [0.29, 0.717) is 31.9 Å². The van der Waals surface area contributed by atoms with Gasteiger partial charge in [-0.05, 0) is 46.3 Å². The Morgan fingerprint density at radius 1 is 1.38 bits per heavy atom. The van der Waals surface area contributed by atoms with Crippen molar-refractivity contribution in [1.82, 2.24) is 0 Å². The van der Waals surface area contributed by atoms with Crippen molar-refractivity contribution in [2.45, 2.75) is 4.90 Å². The van der Waals surface area contributed by atoms with Crippen LogP contribution < -0.4 is 10.1 Å². The average molecular weight is 363 g/mol. The number of nitriles is 1. The zero-order valence-electron chi connectivity index (χ0n) is 11.1. The molecule has 0 saturated heterocycles. The molecule has 2 rings (SSSR count). The Hall–Kier alpha value is -1.97. The van der Waals surface area contributed by atoms with Gasteiger partial charge in [0.1, 0.15) is 17.5 Å². The lowest BCUT2D eigenvalue weighted by Gasteiger charge is -2.12. The minimum absolute atomic E-state index is 0.334. The molecule has 2 aromatic carbocycles. The van der Waals surface area contributed by atoms with Crippen molar-refractivity contribution < 1.29 is 9.53 Å². The fourth-order valence-corrected chi connectivity index (χ4v) is 2.42. The van der Waals surface area contributed by atoms with Gasteiger partial charge in [0.15, 0.2) is 0 Å². The molecular formula is C15H11BrN2O2S. The van der Waals surface area contributed by atoms with Crippen LogP contribution in [0.25, 0.3) is 0 Å². The molecule has 1 amide bonds. The topological polar surface area (TPSA) is 62.1 Å². The predicted molar refractivity (Wildman–Crippen MR) is 87.1 cm³/mol. The number of nitrogens with one attached hydrogen (secondary N) is 1. The standard InChI is InChI=1S/C15H11BrN2O2S/c1-20-13-4-2-3-9(8-17)14(13)18-15(19)11-7-10(21)5-6-12(11)16/h2-7,21H,1H3,(H,18,19). The highest BCUT2D eigenvalue weighted by molar-refractivity contribution is 9.10. The van der Waals surface area contributed by atoms with Gasteiger partial charge in [-0.2, -0.15) is 5.26 Å². The van der Waals surface area contributed by atoms with Gasteiger partial charge in [-0.1, -0.05) is 6.07 Å². The Morgan fingerprint density at radius 2 is 2.14 bits per heavy atom. The van der Waals surface area contributed by atoms with Crippen LogP contribution in [0.1, 0.15) is 15.9 Å². The first-order valence-corrected chi connectivity index (χ1v) is 7.17. The van der Waals surface area contributed by atoms with Gasteiger partial charge in [-0.15, -0.1) is 12.6 Å². The number of carbonyl (C=O) groups is 1. The lowest BCUT2D eigenvalue weighted by molar-refractivity contribution is 0.102. The van der Waals surface area contributed by atoms with E-state index in [0.717, 1.165) is 0 Å². The first-order chi connectivity index (χ1) is 10.1. The number of nitrogens with zero attached hydrogens (tertiary/aromatic N) is 1. The van der Waals surface area contributed by atoms with Gasteiger partial charge in [0.05, 0.1) is 18.2 Å². The van der Waals surface area contributed by atoms with E-state index in [-0.39, 0.29) is 5.91 Å². The van der Waals surface area contributed by atoms with Crippen LogP contribution in [0.2, 0.25) is 0 Å². The van der Waals surface area contributed by atoms with Gasteiger partial charge in [0.2, 0.25) is 0 Å². The van der Waals surface area contributed by atoms with Crippen molar-refractivity contribution in [2.75, 3.05) is 12.4 Å². The predicted octanol–water partition coefficient (Wildman–Crippen LogP) is 3.87. The third-order valence-corrected chi connectivity index (χ3v) is 3.77. The molecular weight excluding hydrogens is 352 g/mol. The summed E-state index contributed by atoms with van der Waals surface area (Å²) in [6.45, 7) is 0. The molecule has 0 aromatic heterocycles. The van der Waals surface area contributed by atoms with Crippen molar-refractivity contribution in [3.05, 3.63) is 52.0 Å². The van der Waals surface area contributed by atoms with Crippen molar-refractivity contribution in [1.29, 1.82) is 5.26 Å². The minimum atomic E-state index is -0.348. The van der Waals surface area contributed by atoms with Crippen LogP contribution in [0.15, 0.2) is 45.8 Å². The summed E-state index contributed by atoms with van der Waals surface area (Å²) in [5, 5.41) is 11.9. The highest BCUT2D eigenvalue weighted by atomic mass is 79.9. The van der Waals surface area contributed by atoms with E-state index in [1.807, 2.05) is 6.07 Å². The molecule has 0 radical (unpaired) electrons. The van der Waals surface area contributed by atoms with E-state index >= 15 is 0 Å². The van der Waals surface area contributed by atoms with E-state index in [4.69, 9.17) is 10.00 Å². The van der Waals surface area contributed by atoms with Gasteiger partial charge in [-0.25, -0.2) is 0 Å². The SMILES string of the molecule is COc1cccc(C#N)c1NC(=O)c1cc(S)ccc1Br. The molecule has 1 N–H and O–H groups in total. The van der Waals surface area contributed by atoms with E-state index < -0.39 is 0 Å². The highest BCUT2D eigenvalue weighted by Gasteiger charge is 2.15. The quantitative estimate of drug-likeness (QED) is 0.814. The van der Waals surface area contributed by atoms with E-state index in [9.17, 15) is 4.79 Å². The fraction of sp³-hybridized carbons (Fsp3) is 0.0667. The Kier molecular flexibility index (Phi) is 4.89. The average Bonchev–Trinajstić information content (AvgIpc) is 2.49. The van der Waals surface area contributed by atoms with Gasteiger partial charge in [-0.3, -0.25) is 4.79 Å². The molecule has 0 atom stereocenters. The number of thiol groups is 1. The summed E-state index contributed by atoms with van der Waals surface area (Å²) in [4.78, 5) is 13.1. The first-order valence-electron chi connectivity index (χ1n) is 5.93. The van der Waals surface area contributed by atoms with Gasteiger partial charge in [0, 0.05) is 9.37 Å². The van der Waals surface area contributed by atoms with Crippen LogP contribution >= 0.6 is 28.6 Å². The maximum absolute atomic E-state index is 12.4. The van der Waals surface area contributed by atoms with Crippen LogP contribution in [-0.2, 0) is 0 Å². The second-order valence-electron chi connectivity index (χ2n) is 4.11. The summed E-state index contributed by atoms with van der Waals surface area (Å²) in [6, 6.07) is 12.2. The summed E-state index contributed by atoms with van der Waals surface area (Å²) < 4.78 is 5.83. The summed E-state index contributed by atoms with van der Waals surface area (Å²) in [6.07, 6.45) is 0. The Balaban J connectivity index is 2.41. The monoisotopic (exact) mass is 362 g/mol. The second kappa shape index (κ2) is 6.66. The Morgan fingerprint density at radius 3 is 2.81 bits per heavy atom. The molecule has 0 heterocycles. The lowest BCUT2D eigenvalue weighted by atomic mass is 10.1. The second-order valence-corrected chi connectivity index (χ2v) is 5.48. The summed E-state index contributed by atoms with van der Waals surface area (Å²) in [5.41, 5.74) is 1.11. The maximum atomic E-state index is 12.4. The van der Waals surface area contributed by atoms with E-state index in [2.05, 4.69) is 33.9 Å². The van der Waals surface area contributed by atoms with E-state index in [1.165, 1.54) is 7.11 Å². The molecule has 0 spiro atoms. The number of amides is 1. The van der Waals surface area contributed by atoms with Gasteiger partial charge < -0.3 is 10.1 Å². The number of anilines is 1. The molecule has 0 aliphatic heterocycles. The Bertz CT molecular complexity index is 741. The molecule has 21 heavy (non-hydrogen) atoms. The normalized spacial score (nSPS) is 9.81. The van der Waals surface area contributed by atoms with E-state index in [1.54, 1.807) is 36.4 Å². The van der Waals surface area contributed by atoms with Crippen LogP contribution in [0, 0.1) is 11.3 Å². The van der Waals surface area contributed by atoms with Crippen LogP contribution in [-0.4, -0.2) is 13.0 Å². The molecule has 0 aliphatic carbocycles. The van der Waals surface area contributed by atoms with Crippen molar-refractivity contribution in [3.63, 3.8) is 0 Å². The zero-order valence-corrected chi connectivity index (χ0v) is 13.5. The number of benzene rings is 2. The molecule has 2 aromatic rings. The third kappa shape index (κ3) is 3.38. The molecule has 4 nitrogen and oxygen atoms in total. The molecule has 0 unspecified atom stereocenters. The molecule has 0 saturated carbocycles. The number of hydrogen-bond acceptors (Lipinski definition) is 4. The zero-order chi connectivity index (χ0) is 15.4. The van der Waals surface area contributed by atoms with Crippen LogP contribution in [0.5, 0.6) is 5.75 Å². The molecule has 0 fully saturated rings. The van der Waals surface area contributed by atoms with Gasteiger partial charge in [0.25, 0.3) is 5.91 Å². The van der Waals surface area contributed by atoms with Gasteiger partial charge >= 0.3 is 0 Å². The maximum Gasteiger partial charge on any atom is 0.256 e. The summed E-state index contributed by atoms with van der Waals surface area (Å²) in [7, 11) is 1.48. The largest absolute Gasteiger partial charge is 0.495 e. The molecule has 0 bridgehead atoms. The van der Waals surface area contributed by atoms with Crippen molar-refractivity contribution >= 4 is 40.2 Å². The van der Waals surface area contributed by atoms with Crippen molar-refractivity contribution in [3.8, 4) is 11.8 Å². The Labute approximate surface area is 136 Å². The smallest absolute Gasteiger partial charge is 0.256 e. The fourth-order valence-electron chi connectivity index (χ4n) is 1.79. The number of rotatable bonds is 3. The number of methoxy groups -OCH3 is 1. The first kappa shape index (κ1) is 15.4. The lowest BCUT2D eigenvalue weighted by Crippen LogP contribution is -2.14. The van der Waals surface area contributed by atoms with Crippen LogP contribution in [0.3, 0.4) is 0 Å². The number of hydrogen-bond donors (Lipinski definition) is 2. The summed E-state index contributed by atoms with van der Waals surface area (Å²) in [5.74, 6) is 0.0827. The number of ether oxygens (including phenoxy) is 1. The minimum Gasteiger partial charge on any atom is -0.495 e. The highest BCUT2D eigenvalue weighted by Crippen LogP contribution is 2.29. The molecule has 0 aliphatic rings.